The standard InChI is InChI=1S/C24H30N2O3/c1-16(2)20-7-5-8-21(17(3)4)24(20)25-22(27)15-29-19-12-10-18(11-13-19)26-14-6-9-23(26)28/h5,7-8,10-13,16-17H,6,9,14-15H2,1-4H3,(H,25,27). The second-order valence-electron chi connectivity index (χ2n) is 8.10. The molecule has 2 amide bonds. The average Bonchev–Trinajstić information content (AvgIpc) is 3.12. The molecule has 0 unspecified atom stereocenters. The van der Waals surface area contributed by atoms with E-state index in [1.807, 2.05) is 18.2 Å². The molecule has 1 fully saturated rings. The Bertz CT molecular complexity index is 846. The van der Waals surface area contributed by atoms with Crippen molar-refractivity contribution in [3.05, 3.63) is 53.6 Å². The molecule has 3 rings (SSSR count). The van der Waals surface area contributed by atoms with Crippen molar-refractivity contribution in [2.45, 2.75) is 52.4 Å². The van der Waals surface area contributed by atoms with Gasteiger partial charge in [0.25, 0.3) is 5.91 Å². The summed E-state index contributed by atoms with van der Waals surface area (Å²) in [6, 6.07) is 13.5. The van der Waals surface area contributed by atoms with Gasteiger partial charge in [-0.3, -0.25) is 9.59 Å². The van der Waals surface area contributed by atoms with E-state index in [4.69, 9.17) is 4.74 Å². The summed E-state index contributed by atoms with van der Waals surface area (Å²) >= 11 is 0. The Morgan fingerprint density at radius 3 is 2.17 bits per heavy atom. The van der Waals surface area contributed by atoms with Crippen LogP contribution in [-0.4, -0.2) is 25.0 Å². The highest BCUT2D eigenvalue weighted by molar-refractivity contribution is 5.95. The van der Waals surface area contributed by atoms with Gasteiger partial charge in [-0.1, -0.05) is 45.9 Å². The highest BCUT2D eigenvalue weighted by atomic mass is 16.5. The molecule has 1 aliphatic rings. The molecule has 2 aromatic rings. The van der Waals surface area contributed by atoms with Crippen LogP contribution in [0.1, 0.15) is 63.5 Å². The van der Waals surface area contributed by atoms with Gasteiger partial charge in [-0.15, -0.1) is 0 Å². The first-order chi connectivity index (χ1) is 13.9. The Hall–Kier alpha value is -2.82. The van der Waals surface area contributed by atoms with Gasteiger partial charge in [-0.25, -0.2) is 0 Å². The predicted molar refractivity (Wildman–Crippen MR) is 117 cm³/mol. The molecule has 154 valence electrons. The highest BCUT2D eigenvalue weighted by Crippen LogP contribution is 2.32. The van der Waals surface area contributed by atoms with Gasteiger partial charge in [0.1, 0.15) is 5.75 Å². The normalized spacial score (nSPS) is 14.0. The number of nitrogens with one attached hydrogen (secondary N) is 1. The molecule has 1 saturated heterocycles. The predicted octanol–water partition coefficient (Wildman–Crippen LogP) is 5.08. The van der Waals surface area contributed by atoms with Crippen molar-refractivity contribution in [2.24, 2.45) is 0 Å². The topological polar surface area (TPSA) is 58.6 Å². The van der Waals surface area contributed by atoms with Crippen molar-refractivity contribution in [2.75, 3.05) is 23.4 Å². The number of anilines is 2. The molecule has 0 saturated carbocycles. The van der Waals surface area contributed by atoms with Crippen LogP contribution in [0, 0.1) is 0 Å². The molecule has 0 aromatic heterocycles. The second kappa shape index (κ2) is 9.12. The van der Waals surface area contributed by atoms with Crippen LogP contribution in [0.3, 0.4) is 0 Å². The van der Waals surface area contributed by atoms with E-state index in [0.717, 1.165) is 35.5 Å². The van der Waals surface area contributed by atoms with Gasteiger partial charge in [0.2, 0.25) is 5.91 Å². The molecule has 5 heteroatoms. The fourth-order valence-electron chi connectivity index (χ4n) is 3.66. The van der Waals surface area contributed by atoms with E-state index < -0.39 is 0 Å². The number of carbonyl (C=O) groups excluding carboxylic acids is 2. The van der Waals surface area contributed by atoms with E-state index in [1.165, 1.54) is 0 Å². The van der Waals surface area contributed by atoms with Crippen molar-refractivity contribution in [3.63, 3.8) is 0 Å². The summed E-state index contributed by atoms with van der Waals surface area (Å²) in [6.07, 6.45) is 1.50. The van der Waals surface area contributed by atoms with Gasteiger partial charge >= 0.3 is 0 Å². The van der Waals surface area contributed by atoms with E-state index in [0.29, 0.717) is 24.0 Å². The summed E-state index contributed by atoms with van der Waals surface area (Å²) in [6.45, 7) is 9.19. The Morgan fingerprint density at radius 1 is 1.03 bits per heavy atom. The lowest BCUT2D eigenvalue weighted by molar-refractivity contribution is -0.118. The minimum atomic E-state index is -0.182. The zero-order valence-corrected chi connectivity index (χ0v) is 17.7. The van der Waals surface area contributed by atoms with Crippen molar-refractivity contribution in [1.29, 1.82) is 0 Å². The van der Waals surface area contributed by atoms with Crippen molar-refractivity contribution < 1.29 is 14.3 Å². The molecule has 1 N–H and O–H groups in total. The molecule has 0 radical (unpaired) electrons. The second-order valence-corrected chi connectivity index (χ2v) is 8.10. The minimum Gasteiger partial charge on any atom is -0.484 e. The van der Waals surface area contributed by atoms with Crippen LogP contribution in [0.2, 0.25) is 0 Å². The third-order valence-corrected chi connectivity index (χ3v) is 5.23. The smallest absolute Gasteiger partial charge is 0.262 e. The maximum atomic E-state index is 12.6. The van der Waals surface area contributed by atoms with Gasteiger partial charge in [0.15, 0.2) is 6.61 Å². The third kappa shape index (κ3) is 4.97. The summed E-state index contributed by atoms with van der Waals surface area (Å²) < 4.78 is 5.67. The monoisotopic (exact) mass is 394 g/mol. The number of rotatable bonds is 7. The number of amides is 2. The van der Waals surface area contributed by atoms with Gasteiger partial charge in [-0.2, -0.15) is 0 Å². The number of para-hydroxylation sites is 1. The SMILES string of the molecule is CC(C)c1cccc(C(C)C)c1NC(=O)COc1ccc(N2CCCC2=O)cc1. The number of ether oxygens (including phenoxy) is 1. The number of hydrogen-bond donors (Lipinski definition) is 1. The number of hydrogen-bond acceptors (Lipinski definition) is 3. The molecule has 2 aromatic carbocycles. The fourth-order valence-corrected chi connectivity index (χ4v) is 3.66. The lowest BCUT2D eigenvalue weighted by Gasteiger charge is -2.20. The zero-order valence-electron chi connectivity index (χ0n) is 17.7. The van der Waals surface area contributed by atoms with Crippen LogP contribution in [0.15, 0.2) is 42.5 Å². The molecular formula is C24H30N2O3. The molecule has 0 atom stereocenters. The first-order valence-electron chi connectivity index (χ1n) is 10.3. The van der Waals surface area contributed by atoms with Gasteiger partial charge in [0.05, 0.1) is 0 Å². The van der Waals surface area contributed by atoms with Crippen molar-refractivity contribution >= 4 is 23.2 Å². The van der Waals surface area contributed by atoms with E-state index in [-0.39, 0.29) is 18.4 Å². The summed E-state index contributed by atoms with van der Waals surface area (Å²) in [5, 5.41) is 3.06. The fraction of sp³-hybridized carbons (Fsp3) is 0.417. The highest BCUT2D eigenvalue weighted by Gasteiger charge is 2.21. The first-order valence-corrected chi connectivity index (χ1v) is 10.3. The Balaban J connectivity index is 1.64. The first kappa shape index (κ1) is 20.9. The molecule has 0 bridgehead atoms. The van der Waals surface area contributed by atoms with E-state index in [1.54, 1.807) is 17.0 Å². The molecule has 1 heterocycles. The Morgan fingerprint density at radius 2 is 1.66 bits per heavy atom. The van der Waals surface area contributed by atoms with Crippen LogP contribution in [-0.2, 0) is 9.59 Å². The Labute approximate surface area is 173 Å². The summed E-state index contributed by atoms with van der Waals surface area (Å²) in [4.78, 5) is 26.2. The number of nitrogens with zero attached hydrogens (tertiary/aromatic N) is 1. The lowest BCUT2D eigenvalue weighted by Crippen LogP contribution is -2.23. The summed E-state index contributed by atoms with van der Waals surface area (Å²) in [5.41, 5.74) is 4.03. The van der Waals surface area contributed by atoms with Crippen LogP contribution < -0.4 is 15.0 Å². The quantitative estimate of drug-likeness (QED) is 0.713. The van der Waals surface area contributed by atoms with Crippen LogP contribution in [0.4, 0.5) is 11.4 Å². The minimum absolute atomic E-state index is 0.0635. The lowest BCUT2D eigenvalue weighted by atomic mass is 9.92. The summed E-state index contributed by atoms with van der Waals surface area (Å²) in [7, 11) is 0. The maximum absolute atomic E-state index is 12.6. The van der Waals surface area contributed by atoms with Crippen molar-refractivity contribution in [3.8, 4) is 5.75 Å². The van der Waals surface area contributed by atoms with Crippen LogP contribution in [0.25, 0.3) is 0 Å². The largest absolute Gasteiger partial charge is 0.484 e. The van der Waals surface area contributed by atoms with Gasteiger partial charge in [0, 0.05) is 24.3 Å². The molecule has 0 aliphatic carbocycles. The van der Waals surface area contributed by atoms with E-state index in [9.17, 15) is 9.59 Å². The van der Waals surface area contributed by atoms with Crippen LogP contribution in [0.5, 0.6) is 5.75 Å². The molecule has 0 spiro atoms. The average molecular weight is 395 g/mol. The third-order valence-electron chi connectivity index (χ3n) is 5.23. The zero-order chi connectivity index (χ0) is 21.0. The summed E-state index contributed by atoms with van der Waals surface area (Å²) in [5.74, 6) is 1.20. The van der Waals surface area contributed by atoms with E-state index >= 15 is 0 Å². The number of carbonyl (C=O) groups is 2. The molecule has 1 aliphatic heterocycles. The van der Waals surface area contributed by atoms with Crippen LogP contribution >= 0.6 is 0 Å². The number of benzene rings is 2. The molecule has 29 heavy (non-hydrogen) atoms. The Kier molecular flexibility index (Phi) is 6.57. The molecule has 5 nitrogen and oxygen atoms in total. The van der Waals surface area contributed by atoms with Gasteiger partial charge in [-0.05, 0) is 53.6 Å². The van der Waals surface area contributed by atoms with Crippen molar-refractivity contribution in [1.82, 2.24) is 0 Å². The van der Waals surface area contributed by atoms with E-state index in [2.05, 4.69) is 45.1 Å². The maximum Gasteiger partial charge on any atom is 0.262 e. The molecular weight excluding hydrogens is 364 g/mol. The van der Waals surface area contributed by atoms with Gasteiger partial charge < -0.3 is 15.0 Å².